The summed E-state index contributed by atoms with van der Waals surface area (Å²) in [5.74, 6) is -0.859. The van der Waals surface area contributed by atoms with Crippen LogP contribution in [0.5, 0.6) is 0 Å². The number of halogens is 2. The van der Waals surface area contributed by atoms with Crippen LogP contribution in [0.3, 0.4) is 0 Å². The largest absolute Gasteiger partial charge is 0.478 e. The van der Waals surface area contributed by atoms with Crippen molar-refractivity contribution in [2.75, 3.05) is 13.1 Å². The van der Waals surface area contributed by atoms with Crippen LogP contribution in [0.15, 0.2) is 45.9 Å². The van der Waals surface area contributed by atoms with Crippen LogP contribution < -0.4 is 0 Å². The van der Waals surface area contributed by atoms with Gasteiger partial charge in [-0.3, -0.25) is 4.79 Å². The van der Waals surface area contributed by atoms with Crippen molar-refractivity contribution in [2.45, 2.75) is 12.8 Å². The second-order valence-electron chi connectivity index (χ2n) is 5.04. The summed E-state index contributed by atoms with van der Waals surface area (Å²) in [7, 11) is 0. The van der Waals surface area contributed by atoms with Gasteiger partial charge in [0.25, 0.3) is 5.91 Å². The van der Waals surface area contributed by atoms with Crippen LogP contribution in [0, 0.1) is 0 Å². The number of carboxylic acid groups (broad SMARTS) is 1. The first-order valence-electron chi connectivity index (χ1n) is 7.23. The smallest absolute Gasteiger partial charge is 0.337 e. The second kappa shape index (κ2) is 8.89. The Morgan fingerprint density at radius 1 is 0.917 bits per heavy atom. The van der Waals surface area contributed by atoms with Crippen LogP contribution >= 0.6 is 31.9 Å². The summed E-state index contributed by atoms with van der Waals surface area (Å²) in [5.41, 5.74) is 0.873. The van der Waals surface area contributed by atoms with Gasteiger partial charge < -0.3 is 10.0 Å². The van der Waals surface area contributed by atoms with E-state index in [1.807, 2.05) is 4.90 Å². The van der Waals surface area contributed by atoms with E-state index in [4.69, 9.17) is 5.11 Å². The van der Waals surface area contributed by atoms with Crippen LogP contribution in [-0.2, 0) is 0 Å². The average molecular weight is 457 g/mol. The fourth-order valence-electron chi connectivity index (χ4n) is 2.11. The third-order valence-corrected chi connectivity index (χ3v) is 4.28. The summed E-state index contributed by atoms with van der Waals surface area (Å²) in [6.45, 7) is 1.77. The van der Waals surface area contributed by atoms with Gasteiger partial charge >= 0.3 is 5.97 Å². The molecule has 2 aromatic rings. The Morgan fingerprint density at radius 2 is 1.42 bits per heavy atom. The third-order valence-electron chi connectivity index (χ3n) is 3.34. The van der Waals surface area contributed by atoms with Crippen molar-refractivity contribution in [3.63, 3.8) is 0 Å². The molecular formula is C16H15Br2N3O3. The average Bonchev–Trinajstić information content (AvgIpc) is 3.10. The predicted molar refractivity (Wildman–Crippen MR) is 96.0 cm³/mol. The number of carboxylic acids is 1. The molecule has 0 radical (unpaired) electrons. The van der Waals surface area contributed by atoms with Crippen LogP contribution in [0.2, 0.25) is 0 Å². The van der Waals surface area contributed by atoms with Crippen LogP contribution in [-0.4, -0.2) is 44.9 Å². The molecule has 3 rings (SSSR count). The quantitative estimate of drug-likeness (QED) is 0.697. The van der Waals surface area contributed by atoms with E-state index < -0.39 is 5.97 Å². The molecule has 24 heavy (non-hydrogen) atoms. The molecule has 1 aliphatic heterocycles. The Hall–Kier alpha value is -1.80. The predicted octanol–water partition coefficient (Wildman–Crippen LogP) is 3.62. The number of likely N-dealkylation sites (tertiary alicyclic amines) is 1. The highest BCUT2D eigenvalue weighted by atomic mass is 79.9. The first kappa shape index (κ1) is 18.5. The molecule has 1 fully saturated rings. The number of rotatable bonds is 2. The maximum Gasteiger partial charge on any atom is 0.337 e. The van der Waals surface area contributed by atoms with Crippen molar-refractivity contribution in [3.8, 4) is 0 Å². The molecule has 2 aromatic heterocycles. The summed E-state index contributed by atoms with van der Waals surface area (Å²) in [6.07, 6.45) is 5.16. The minimum atomic E-state index is -0.958. The number of hydrogen-bond donors (Lipinski definition) is 1. The van der Waals surface area contributed by atoms with Gasteiger partial charge in [-0.2, -0.15) is 0 Å². The van der Waals surface area contributed by atoms with Crippen LogP contribution in [0.25, 0.3) is 0 Å². The number of hydrogen-bond acceptors (Lipinski definition) is 4. The van der Waals surface area contributed by atoms with Gasteiger partial charge in [-0.15, -0.1) is 0 Å². The topological polar surface area (TPSA) is 83.4 Å². The fraction of sp³-hybridized carbons (Fsp3) is 0.250. The van der Waals surface area contributed by atoms with E-state index in [2.05, 4.69) is 41.8 Å². The fourth-order valence-corrected chi connectivity index (χ4v) is 2.58. The minimum Gasteiger partial charge on any atom is -0.478 e. The first-order chi connectivity index (χ1) is 11.5. The van der Waals surface area contributed by atoms with E-state index in [0.29, 0.717) is 10.2 Å². The standard InChI is InChI=1S/C10H11BrN2O.C6H4BrNO2/c11-9-4-3-8(7-12-9)10(14)13-5-1-2-6-13;7-5-2-1-4(3-8-5)6(9)10/h3-4,7H,1-2,5-6H2;1-3H,(H,9,10). The van der Waals surface area contributed by atoms with Crippen molar-refractivity contribution in [3.05, 3.63) is 57.0 Å². The van der Waals surface area contributed by atoms with Gasteiger partial charge in [-0.05, 0) is 69.0 Å². The van der Waals surface area contributed by atoms with E-state index in [9.17, 15) is 9.59 Å². The van der Waals surface area contributed by atoms with Gasteiger partial charge in [0.1, 0.15) is 9.21 Å². The Bertz CT molecular complexity index is 700. The molecule has 8 heteroatoms. The lowest BCUT2D eigenvalue weighted by molar-refractivity contribution is 0.0695. The van der Waals surface area contributed by atoms with Crippen molar-refractivity contribution < 1.29 is 14.7 Å². The summed E-state index contributed by atoms with van der Waals surface area (Å²) in [4.78, 5) is 31.7. The van der Waals surface area contributed by atoms with Gasteiger partial charge in [0.05, 0.1) is 11.1 Å². The van der Waals surface area contributed by atoms with Gasteiger partial charge in [0.15, 0.2) is 0 Å². The molecule has 1 amide bonds. The Labute approximate surface area is 156 Å². The van der Waals surface area contributed by atoms with Gasteiger partial charge in [0, 0.05) is 25.5 Å². The van der Waals surface area contributed by atoms with Gasteiger partial charge in [-0.25, -0.2) is 14.8 Å². The van der Waals surface area contributed by atoms with Crippen LogP contribution in [0.4, 0.5) is 0 Å². The van der Waals surface area contributed by atoms with E-state index in [1.165, 1.54) is 12.3 Å². The lowest BCUT2D eigenvalue weighted by atomic mass is 10.2. The SMILES string of the molecule is O=C(O)c1ccc(Br)nc1.O=C(c1ccc(Br)nc1)N1CCCC1. The number of pyridine rings is 2. The molecule has 6 nitrogen and oxygen atoms in total. The molecule has 1 N–H and O–H groups in total. The van der Waals surface area contributed by atoms with Crippen molar-refractivity contribution in [1.29, 1.82) is 0 Å². The molecule has 0 bridgehead atoms. The van der Waals surface area contributed by atoms with E-state index in [-0.39, 0.29) is 11.5 Å². The summed E-state index contributed by atoms with van der Waals surface area (Å²) >= 11 is 6.33. The number of aromatic nitrogens is 2. The number of nitrogens with zero attached hydrogens (tertiary/aromatic N) is 3. The van der Waals surface area contributed by atoms with E-state index in [0.717, 1.165) is 30.5 Å². The van der Waals surface area contributed by atoms with E-state index in [1.54, 1.807) is 24.4 Å². The minimum absolute atomic E-state index is 0.0995. The molecule has 0 spiro atoms. The zero-order chi connectivity index (χ0) is 17.5. The lowest BCUT2D eigenvalue weighted by Gasteiger charge is -2.14. The molecule has 3 heterocycles. The zero-order valence-corrected chi connectivity index (χ0v) is 15.8. The Kier molecular flexibility index (Phi) is 6.86. The molecule has 0 atom stereocenters. The lowest BCUT2D eigenvalue weighted by Crippen LogP contribution is -2.27. The maximum absolute atomic E-state index is 11.8. The van der Waals surface area contributed by atoms with Crippen molar-refractivity contribution >= 4 is 43.7 Å². The molecule has 1 aliphatic rings. The third kappa shape index (κ3) is 5.38. The van der Waals surface area contributed by atoms with Crippen molar-refractivity contribution in [1.82, 2.24) is 14.9 Å². The monoisotopic (exact) mass is 455 g/mol. The molecule has 0 saturated carbocycles. The number of carbonyl (C=O) groups is 2. The van der Waals surface area contributed by atoms with E-state index >= 15 is 0 Å². The zero-order valence-electron chi connectivity index (χ0n) is 12.7. The van der Waals surface area contributed by atoms with Gasteiger partial charge in [0.2, 0.25) is 0 Å². The molecule has 0 unspecified atom stereocenters. The maximum atomic E-state index is 11.8. The summed E-state index contributed by atoms with van der Waals surface area (Å²) in [5, 5.41) is 8.42. The summed E-state index contributed by atoms with van der Waals surface area (Å²) in [6, 6.07) is 6.67. The molecule has 0 aromatic carbocycles. The number of carbonyl (C=O) groups excluding carboxylic acids is 1. The van der Waals surface area contributed by atoms with Crippen molar-refractivity contribution in [2.24, 2.45) is 0 Å². The highest BCUT2D eigenvalue weighted by Gasteiger charge is 2.19. The molecule has 1 saturated heterocycles. The number of aromatic carboxylic acids is 1. The molecule has 0 aliphatic carbocycles. The highest BCUT2D eigenvalue weighted by molar-refractivity contribution is 9.10. The number of amides is 1. The molecule has 126 valence electrons. The first-order valence-corrected chi connectivity index (χ1v) is 8.81. The Balaban J connectivity index is 0.000000185. The Morgan fingerprint density at radius 3 is 1.83 bits per heavy atom. The second-order valence-corrected chi connectivity index (χ2v) is 6.67. The molecular weight excluding hydrogens is 442 g/mol. The van der Waals surface area contributed by atoms with Gasteiger partial charge in [-0.1, -0.05) is 0 Å². The summed E-state index contributed by atoms with van der Waals surface area (Å²) < 4.78 is 1.40. The van der Waals surface area contributed by atoms with Crippen LogP contribution in [0.1, 0.15) is 33.6 Å². The normalized spacial score (nSPS) is 13.2. The highest BCUT2D eigenvalue weighted by Crippen LogP contribution is 2.13.